The molecule has 0 aromatic heterocycles. The van der Waals surface area contributed by atoms with Crippen molar-refractivity contribution >= 4 is 17.9 Å². The van der Waals surface area contributed by atoms with Gasteiger partial charge in [0, 0.05) is 25.4 Å². The lowest BCUT2D eigenvalue weighted by Gasteiger charge is -2.24. The number of urea groups is 1. The second kappa shape index (κ2) is 8.39. The van der Waals surface area contributed by atoms with E-state index in [-0.39, 0.29) is 30.3 Å². The number of primary amides is 1. The first kappa shape index (κ1) is 18.2. The molecule has 1 atom stereocenters. The summed E-state index contributed by atoms with van der Waals surface area (Å²) in [5.74, 6) is -1.28. The lowest BCUT2D eigenvalue weighted by atomic mass is 9.84. The van der Waals surface area contributed by atoms with E-state index in [2.05, 4.69) is 10.6 Å². The van der Waals surface area contributed by atoms with Gasteiger partial charge in [0.1, 0.15) is 0 Å². The zero-order valence-corrected chi connectivity index (χ0v) is 12.4. The SMILES string of the molecule is CC(CC(N)=O)NC(=O)NCCC(C)(C)CCC(=O)O. The number of carboxylic acids is 1. The molecule has 0 saturated carbocycles. The molecule has 1 unspecified atom stereocenters. The highest BCUT2D eigenvalue weighted by Crippen LogP contribution is 2.25. The van der Waals surface area contributed by atoms with E-state index in [4.69, 9.17) is 10.8 Å². The van der Waals surface area contributed by atoms with Gasteiger partial charge in [-0.1, -0.05) is 13.8 Å². The molecule has 3 amide bonds. The normalized spacial score (nSPS) is 12.6. The van der Waals surface area contributed by atoms with Crippen LogP contribution in [0, 0.1) is 5.41 Å². The van der Waals surface area contributed by atoms with Gasteiger partial charge in [0.15, 0.2) is 0 Å². The van der Waals surface area contributed by atoms with Crippen molar-refractivity contribution in [1.29, 1.82) is 0 Å². The van der Waals surface area contributed by atoms with Gasteiger partial charge in [-0.25, -0.2) is 4.79 Å². The number of carboxylic acid groups (broad SMARTS) is 1. The summed E-state index contributed by atoms with van der Waals surface area (Å²) < 4.78 is 0. The third kappa shape index (κ3) is 10.2. The van der Waals surface area contributed by atoms with E-state index in [1.54, 1.807) is 6.92 Å². The van der Waals surface area contributed by atoms with E-state index in [1.807, 2.05) is 13.8 Å². The van der Waals surface area contributed by atoms with Crippen LogP contribution in [0.4, 0.5) is 4.79 Å². The molecule has 0 aromatic carbocycles. The van der Waals surface area contributed by atoms with Gasteiger partial charge in [-0.2, -0.15) is 0 Å². The molecular weight excluding hydrogens is 262 g/mol. The summed E-state index contributed by atoms with van der Waals surface area (Å²) in [6.07, 6.45) is 1.45. The fraction of sp³-hybridized carbons (Fsp3) is 0.769. The highest BCUT2D eigenvalue weighted by atomic mass is 16.4. The number of nitrogens with one attached hydrogen (secondary N) is 2. The van der Waals surface area contributed by atoms with Gasteiger partial charge in [-0.3, -0.25) is 9.59 Å². The zero-order valence-electron chi connectivity index (χ0n) is 12.4. The van der Waals surface area contributed by atoms with E-state index in [0.717, 1.165) is 0 Å². The van der Waals surface area contributed by atoms with Gasteiger partial charge in [0.2, 0.25) is 5.91 Å². The highest BCUT2D eigenvalue weighted by molar-refractivity contribution is 5.77. The van der Waals surface area contributed by atoms with Gasteiger partial charge in [-0.15, -0.1) is 0 Å². The molecule has 7 nitrogen and oxygen atoms in total. The summed E-state index contributed by atoms with van der Waals surface area (Å²) >= 11 is 0. The fourth-order valence-corrected chi connectivity index (χ4v) is 1.71. The van der Waals surface area contributed by atoms with Crippen LogP contribution < -0.4 is 16.4 Å². The molecule has 0 bridgehead atoms. The van der Waals surface area contributed by atoms with Crippen molar-refractivity contribution < 1.29 is 19.5 Å². The summed E-state index contributed by atoms with van der Waals surface area (Å²) in [6.45, 7) is 6.07. The fourth-order valence-electron chi connectivity index (χ4n) is 1.71. The maximum absolute atomic E-state index is 11.5. The van der Waals surface area contributed by atoms with Crippen LogP contribution >= 0.6 is 0 Å². The molecule has 0 heterocycles. The van der Waals surface area contributed by atoms with E-state index < -0.39 is 11.9 Å². The summed E-state index contributed by atoms with van der Waals surface area (Å²) in [5.41, 5.74) is 4.88. The number of carbonyl (C=O) groups excluding carboxylic acids is 2. The Labute approximate surface area is 119 Å². The van der Waals surface area contributed by atoms with Gasteiger partial charge >= 0.3 is 12.0 Å². The first-order valence-corrected chi connectivity index (χ1v) is 6.67. The van der Waals surface area contributed by atoms with E-state index >= 15 is 0 Å². The monoisotopic (exact) mass is 287 g/mol. The standard InChI is InChI=1S/C13H25N3O4/c1-9(8-10(14)17)16-12(20)15-7-6-13(2,3)5-4-11(18)19/h9H,4-8H2,1-3H3,(H2,14,17)(H,18,19)(H2,15,16,20). The van der Waals surface area contributed by atoms with Crippen molar-refractivity contribution in [3.05, 3.63) is 0 Å². The molecular formula is C13H25N3O4. The van der Waals surface area contributed by atoms with Crippen molar-refractivity contribution in [2.24, 2.45) is 11.1 Å². The average Bonchev–Trinajstić information content (AvgIpc) is 2.24. The average molecular weight is 287 g/mol. The number of nitrogens with two attached hydrogens (primary N) is 1. The Morgan fingerprint density at radius 2 is 1.85 bits per heavy atom. The Morgan fingerprint density at radius 1 is 1.25 bits per heavy atom. The van der Waals surface area contributed by atoms with Crippen molar-refractivity contribution in [2.45, 2.75) is 52.5 Å². The number of hydrogen-bond acceptors (Lipinski definition) is 3. The second-order valence-electron chi connectivity index (χ2n) is 5.78. The minimum absolute atomic E-state index is 0.0948. The number of amides is 3. The predicted octanol–water partition coefficient (Wildman–Crippen LogP) is 0.831. The van der Waals surface area contributed by atoms with Gasteiger partial charge in [0.25, 0.3) is 0 Å². The molecule has 0 aliphatic carbocycles. The first-order valence-electron chi connectivity index (χ1n) is 6.67. The van der Waals surface area contributed by atoms with Crippen molar-refractivity contribution in [3.63, 3.8) is 0 Å². The smallest absolute Gasteiger partial charge is 0.315 e. The molecule has 0 spiro atoms. The van der Waals surface area contributed by atoms with Crippen molar-refractivity contribution in [2.75, 3.05) is 6.54 Å². The van der Waals surface area contributed by atoms with E-state index in [1.165, 1.54) is 0 Å². The van der Waals surface area contributed by atoms with E-state index in [0.29, 0.717) is 19.4 Å². The van der Waals surface area contributed by atoms with Crippen LogP contribution in [0.2, 0.25) is 0 Å². The molecule has 20 heavy (non-hydrogen) atoms. The second-order valence-corrected chi connectivity index (χ2v) is 5.78. The molecule has 0 saturated heterocycles. The van der Waals surface area contributed by atoms with Crippen LogP contribution in [0.15, 0.2) is 0 Å². The minimum Gasteiger partial charge on any atom is -0.481 e. The molecule has 0 aliphatic rings. The summed E-state index contributed by atoms with van der Waals surface area (Å²) in [6, 6.07) is -0.666. The van der Waals surface area contributed by atoms with Crippen LogP contribution in [-0.2, 0) is 9.59 Å². The lowest BCUT2D eigenvalue weighted by molar-refractivity contribution is -0.137. The van der Waals surface area contributed by atoms with Crippen LogP contribution in [0.1, 0.15) is 46.5 Å². The quantitative estimate of drug-likeness (QED) is 0.501. The number of aliphatic carboxylic acids is 1. The molecule has 7 heteroatoms. The van der Waals surface area contributed by atoms with Crippen LogP contribution in [0.25, 0.3) is 0 Å². The first-order chi connectivity index (χ1) is 9.12. The summed E-state index contributed by atoms with van der Waals surface area (Å²) in [5, 5.41) is 13.9. The Bertz CT molecular complexity index is 356. The molecule has 116 valence electrons. The Morgan fingerprint density at radius 3 is 2.35 bits per heavy atom. The third-order valence-corrected chi connectivity index (χ3v) is 2.99. The van der Waals surface area contributed by atoms with E-state index in [9.17, 15) is 14.4 Å². The Hall–Kier alpha value is -1.79. The molecule has 0 aromatic rings. The number of rotatable bonds is 9. The highest BCUT2D eigenvalue weighted by Gasteiger charge is 2.19. The third-order valence-electron chi connectivity index (χ3n) is 2.99. The number of hydrogen-bond donors (Lipinski definition) is 4. The van der Waals surface area contributed by atoms with Gasteiger partial charge in [-0.05, 0) is 25.2 Å². The summed E-state index contributed by atoms with van der Waals surface area (Å²) in [4.78, 5) is 32.7. The minimum atomic E-state index is -0.816. The van der Waals surface area contributed by atoms with Crippen LogP contribution in [-0.4, -0.2) is 35.6 Å². The maximum Gasteiger partial charge on any atom is 0.315 e. The molecule has 0 rings (SSSR count). The Balaban J connectivity index is 3.90. The lowest BCUT2D eigenvalue weighted by Crippen LogP contribution is -2.43. The van der Waals surface area contributed by atoms with Gasteiger partial charge < -0.3 is 21.5 Å². The predicted molar refractivity (Wildman–Crippen MR) is 75.1 cm³/mol. The van der Waals surface area contributed by atoms with Crippen molar-refractivity contribution in [3.8, 4) is 0 Å². The molecule has 5 N–H and O–H groups in total. The molecule has 0 radical (unpaired) electrons. The topological polar surface area (TPSA) is 122 Å². The van der Waals surface area contributed by atoms with Crippen LogP contribution in [0.5, 0.6) is 0 Å². The maximum atomic E-state index is 11.5. The molecule has 0 fully saturated rings. The summed E-state index contributed by atoms with van der Waals surface area (Å²) in [7, 11) is 0. The van der Waals surface area contributed by atoms with Crippen molar-refractivity contribution in [1.82, 2.24) is 10.6 Å². The molecule has 0 aliphatic heterocycles. The Kier molecular flexibility index (Phi) is 7.64. The number of carbonyl (C=O) groups is 3. The largest absolute Gasteiger partial charge is 0.481 e. The van der Waals surface area contributed by atoms with Crippen LogP contribution in [0.3, 0.4) is 0 Å². The van der Waals surface area contributed by atoms with Gasteiger partial charge in [0.05, 0.1) is 0 Å². The zero-order chi connectivity index (χ0) is 15.8.